The van der Waals surface area contributed by atoms with Gasteiger partial charge < -0.3 is 15.5 Å². The average molecular weight is 371 g/mol. The number of hydrogen-bond acceptors (Lipinski definition) is 2. The van der Waals surface area contributed by atoms with Gasteiger partial charge in [-0.05, 0) is 49.9 Å². The summed E-state index contributed by atoms with van der Waals surface area (Å²) in [7, 11) is 0. The lowest BCUT2D eigenvalue weighted by Gasteiger charge is -2.33. The first-order valence-electron chi connectivity index (χ1n) is 8.73. The van der Waals surface area contributed by atoms with E-state index < -0.39 is 17.8 Å². The van der Waals surface area contributed by atoms with Gasteiger partial charge in [0.25, 0.3) is 0 Å². The van der Waals surface area contributed by atoms with E-state index in [0.29, 0.717) is 25.1 Å². The van der Waals surface area contributed by atoms with Crippen molar-refractivity contribution in [3.63, 3.8) is 0 Å². The van der Waals surface area contributed by atoms with E-state index >= 15 is 0 Å². The number of alkyl halides is 3. The summed E-state index contributed by atoms with van der Waals surface area (Å²) in [6.45, 7) is 4.31. The molecule has 8 heteroatoms. The van der Waals surface area contributed by atoms with Crippen LogP contribution in [0.4, 0.5) is 23.7 Å². The second kappa shape index (κ2) is 8.42. The van der Waals surface area contributed by atoms with Crippen molar-refractivity contribution in [2.24, 2.45) is 0 Å². The first-order chi connectivity index (χ1) is 12.2. The molecule has 1 atom stereocenters. The summed E-state index contributed by atoms with van der Waals surface area (Å²) in [5, 5.41) is 5.44. The number of amides is 3. The van der Waals surface area contributed by atoms with E-state index in [1.54, 1.807) is 6.92 Å². The third-order valence-electron chi connectivity index (χ3n) is 4.21. The van der Waals surface area contributed by atoms with E-state index in [2.05, 4.69) is 10.6 Å². The quantitative estimate of drug-likeness (QED) is 0.843. The number of carbonyl (C=O) groups excluding carboxylic acids is 2. The molecule has 1 unspecified atom stereocenters. The number of urea groups is 1. The molecule has 144 valence electrons. The highest BCUT2D eigenvalue weighted by molar-refractivity contribution is 5.89. The Morgan fingerprint density at radius 2 is 2.00 bits per heavy atom. The van der Waals surface area contributed by atoms with E-state index in [4.69, 9.17) is 0 Å². The number of rotatable bonds is 4. The minimum atomic E-state index is -4.47. The summed E-state index contributed by atoms with van der Waals surface area (Å²) in [5.41, 5.74) is -0.269. The smallest absolute Gasteiger partial charge is 0.352 e. The van der Waals surface area contributed by atoms with Gasteiger partial charge in [0.15, 0.2) is 0 Å². The van der Waals surface area contributed by atoms with Gasteiger partial charge in [-0.25, -0.2) is 4.79 Å². The number of anilines is 1. The molecule has 0 spiro atoms. The molecule has 0 aliphatic carbocycles. The van der Waals surface area contributed by atoms with Crippen LogP contribution in [-0.4, -0.2) is 36.0 Å². The number of benzene rings is 1. The summed E-state index contributed by atoms with van der Waals surface area (Å²) in [6.07, 6.45) is -1.77. The van der Waals surface area contributed by atoms with E-state index in [9.17, 15) is 22.8 Å². The molecule has 2 N–H and O–H groups in total. The second-order valence-corrected chi connectivity index (χ2v) is 6.62. The molecule has 5 nitrogen and oxygen atoms in total. The lowest BCUT2D eigenvalue weighted by Crippen LogP contribution is -2.50. The maximum absolute atomic E-state index is 12.9. The SMILES string of the molecule is CCCC(=O)NC1CCCN(C(=O)Nc2cc(C)cc(C(F)(F)F)c2)C1. The molecule has 3 amide bonds. The Bertz CT molecular complexity index is 662. The minimum Gasteiger partial charge on any atom is -0.352 e. The Balaban J connectivity index is 2.01. The Morgan fingerprint density at radius 1 is 1.27 bits per heavy atom. The maximum atomic E-state index is 12.9. The van der Waals surface area contributed by atoms with E-state index in [-0.39, 0.29) is 17.6 Å². The number of piperidine rings is 1. The van der Waals surface area contributed by atoms with Crippen LogP contribution in [-0.2, 0) is 11.0 Å². The van der Waals surface area contributed by atoms with Crippen molar-refractivity contribution >= 4 is 17.6 Å². The summed E-state index contributed by atoms with van der Waals surface area (Å²) < 4.78 is 38.7. The van der Waals surface area contributed by atoms with Crippen LogP contribution in [0, 0.1) is 6.92 Å². The van der Waals surface area contributed by atoms with Crippen molar-refractivity contribution in [2.75, 3.05) is 18.4 Å². The topological polar surface area (TPSA) is 61.4 Å². The van der Waals surface area contributed by atoms with E-state index in [1.807, 2.05) is 6.92 Å². The minimum absolute atomic E-state index is 0.0479. The maximum Gasteiger partial charge on any atom is 0.416 e. The number of nitrogens with one attached hydrogen (secondary N) is 2. The van der Waals surface area contributed by atoms with Crippen LogP contribution in [0.5, 0.6) is 0 Å². The summed E-state index contributed by atoms with van der Waals surface area (Å²) in [6, 6.07) is 2.87. The average Bonchev–Trinajstić information content (AvgIpc) is 2.54. The monoisotopic (exact) mass is 371 g/mol. The van der Waals surface area contributed by atoms with Crippen LogP contribution in [0.1, 0.15) is 43.7 Å². The molecule has 1 aliphatic heterocycles. The molecule has 1 heterocycles. The van der Waals surface area contributed by atoms with E-state index in [0.717, 1.165) is 31.4 Å². The van der Waals surface area contributed by atoms with Crippen LogP contribution in [0.3, 0.4) is 0 Å². The number of aryl methyl sites for hydroxylation is 1. The Kier molecular flexibility index (Phi) is 6.50. The molecule has 26 heavy (non-hydrogen) atoms. The molecule has 1 saturated heterocycles. The van der Waals surface area contributed by atoms with Gasteiger partial charge in [-0.3, -0.25) is 4.79 Å². The highest BCUT2D eigenvalue weighted by Gasteiger charge is 2.31. The largest absolute Gasteiger partial charge is 0.416 e. The fourth-order valence-corrected chi connectivity index (χ4v) is 3.03. The Morgan fingerprint density at radius 3 is 2.65 bits per heavy atom. The second-order valence-electron chi connectivity index (χ2n) is 6.62. The lowest BCUT2D eigenvalue weighted by molar-refractivity contribution is -0.137. The fraction of sp³-hybridized carbons (Fsp3) is 0.556. The van der Waals surface area contributed by atoms with E-state index in [1.165, 1.54) is 11.0 Å². The van der Waals surface area contributed by atoms with Crippen molar-refractivity contribution in [3.05, 3.63) is 29.3 Å². The predicted octanol–water partition coefficient (Wildman–Crippen LogP) is 3.93. The number of hydrogen-bond donors (Lipinski definition) is 2. The number of nitrogens with zero attached hydrogens (tertiary/aromatic N) is 1. The first kappa shape index (κ1) is 20.1. The van der Waals surface area contributed by atoms with Gasteiger partial charge in [0.05, 0.1) is 5.56 Å². The molecular formula is C18H24F3N3O2. The van der Waals surface area contributed by atoms with Gasteiger partial charge in [0, 0.05) is 31.2 Å². The van der Waals surface area contributed by atoms with Gasteiger partial charge in [0.1, 0.15) is 0 Å². The summed E-state index contributed by atoms with van der Waals surface area (Å²) >= 11 is 0. The predicted molar refractivity (Wildman–Crippen MR) is 92.8 cm³/mol. The van der Waals surface area contributed by atoms with Crippen LogP contribution in [0.15, 0.2) is 18.2 Å². The molecule has 0 bridgehead atoms. The van der Waals surface area contributed by atoms with Crippen LogP contribution in [0.25, 0.3) is 0 Å². The third-order valence-corrected chi connectivity index (χ3v) is 4.21. The Labute approximate surface area is 150 Å². The van der Waals surface area contributed by atoms with Crippen molar-refractivity contribution in [3.8, 4) is 0 Å². The molecule has 0 aromatic heterocycles. The summed E-state index contributed by atoms with van der Waals surface area (Å²) in [4.78, 5) is 25.7. The third kappa shape index (κ3) is 5.64. The zero-order valence-corrected chi connectivity index (χ0v) is 14.9. The molecule has 1 aliphatic rings. The van der Waals surface area contributed by atoms with Crippen molar-refractivity contribution in [1.82, 2.24) is 10.2 Å². The first-order valence-corrected chi connectivity index (χ1v) is 8.73. The van der Waals surface area contributed by atoms with Crippen LogP contribution >= 0.6 is 0 Å². The molecule has 0 saturated carbocycles. The van der Waals surface area contributed by atoms with Gasteiger partial charge in [-0.15, -0.1) is 0 Å². The normalized spacial score (nSPS) is 17.7. The van der Waals surface area contributed by atoms with Crippen LogP contribution < -0.4 is 10.6 Å². The molecule has 2 rings (SSSR count). The van der Waals surface area contributed by atoms with Gasteiger partial charge >= 0.3 is 12.2 Å². The Hall–Kier alpha value is -2.25. The van der Waals surface area contributed by atoms with Gasteiger partial charge in [-0.2, -0.15) is 13.2 Å². The summed E-state index contributed by atoms with van der Waals surface area (Å²) in [5.74, 6) is -0.0479. The van der Waals surface area contributed by atoms with Crippen molar-refractivity contribution in [2.45, 2.75) is 51.7 Å². The zero-order valence-electron chi connectivity index (χ0n) is 14.9. The van der Waals surface area contributed by atoms with Gasteiger partial charge in [-0.1, -0.05) is 6.92 Å². The number of halogens is 3. The standard InChI is InChI=1S/C18H24F3N3O2/c1-3-5-16(25)22-14-6-4-7-24(11-14)17(26)23-15-9-12(2)8-13(10-15)18(19,20)21/h8-10,14H,3-7,11H2,1-2H3,(H,22,25)(H,23,26). The van der Waals surface area contributed by atoms with Gasteiger partial charge in [0.2, 0.25) is 5.91 Å². The zero-order chi connectivity index (χ0) is 19.3. The molecule has 1 aromatic rings. The lowest BCUT2D eigenvalue weighted by atomic mass is 10.1. The molecule has 1 aromatic carbocycles. The highest BCUT2D eigenvalue weighted by atomic mass is 19.4. The number of carbonyl (C=O) groups is 2. The van der Waals surface area contributed by atoms with Crippen molar-refractivity contribution < 1.29 is 22.8 Å². The molecular weight excluding hydrogens is 347 g/mol. The number of likely N-dealkylation sites (tertiary alicyclic amines) is 1. The fourth-order valence-electron chi connectivity index (χ4n) is 3.03. The molecule has 1 fully saturated rings. The van der Waals surface area contributed by atoms with Crippen LogP contribution in [0.2, 0.25) is 0 Å². The van der Waals surface area contributed by atoms with Crippen molar-refractivity contribution in [1.29, 1.82) is 0 Å². The molecule has 0 radical (unpaired) electrons. The highest BCUT2D eigenvalue weighted by Crippen LogP contribution is 2.32.